The third-order valence-electron chi connectivity index (χ3n) is 3.98. The summed E-state index contributed by atoms with van der Waals surface area (Å²) < 4.78 is 5.69. The molecule has 1 aromatic heterocycles. The lowest BCUT2D eigenvalue weighted by Gasteiger charge is -2.07. The molecule has 4 nitrogen and oxygen atoms in total. The van der Waals surface area contributed by atoms with Gasteiger partial charge in [0.05, 0.1) is 12.1 Å². The van der Waals surface area contributed by atoms with Crippen LogP contribution in [0.25, 0.3) is 11.5 Å². The van der Waals surface area contributed by atoms with Crippen LogP contribution in [0.1, 0.15) is 22.6 Å². The number of amides is 1. The van der Waals surface area contributed by atoms with E-state index in [-0.39, 0.29) is 12.3 Å². The minimum Gasteiger partial charge on any atom is -0.441 e. The topological polar surface area (TPSA) is 55.1 Å². The molecule has 1 N–H and O–H groups in total. The maximum absolute atomic E-state index is 12.2. The van der Waals surface area contributed by atoms with Gasteiger partial charge in [0.2, 0.25) is 11.8 Å². The Balaban J connectivity index is 1.65. The molecule has 0 aliphatic carbocycles. The average Bonchev–Trinajstić information content (AvgIpc) is 2.96. The molecule has 0 fully saturated rings. The first-order valence-corrected chi connectivity index (χ1v) is 7.96. The van der Waals surface area contributed by atoms with Gasteiger partial charge < -0.3 is 9.73 Å². The van der Waals surface area contributed by atoms with Gasteiger partial charge in [0.1, 0.15) is 5.76 Å². The molecular formula is C20H20N2O2. The van der Waals surface area contributed by atoms with Gasteiger partial charge in [-0.3, -0.25) is 4.79 Å². The molecular weight excluding hydrogens is 300 g/mol. The van der Waals surface area contributed by atoms with E-state index in [2.05, 4.69) is 10.3 Å². The number of nitrogens with one attached hydrogen (secondary N) is 1. The summed E-state index contributed by atoms with van der Waals surface area (Å²) in [5.74, 6) is 1.17. The monoisotopic (exact) mass is 320 g/mol. The smallest absolute Gasteiger partial charge is 0.226 e. The van der Waals surface area contributed by atoms with E-state index in [1.165, 1.54) is 5.56 Å². The highest BCUT2D eigenvalue weighted by atomic mass is 16.4. The van der Waals surface area contributed by atoms with E-state index in [1.54, 1.807) is 0 Å². The SMILES string of the molecule is Cc1ccccc1CNC(=O)Cc1nc(-c2ccccc2)oc1C. The number of rotatable bonds is 5. The molecule has 0 radical (unpaired) electrons. The summed E-state index contributed by atoms with van der Waals surface area (Å²) in [6, 6.07) is 17.7. The second kappa shape index (κ2) is 7.13. The summed E-state index contributed by atoms with van der Waals surface area (Å²) in [5, 5.41) is 2.94. The Kier molecular flexibility index (Phi) is 4.75. The molecule has 3 aromatic rings. The fourth-order valence-corrected chi connectivity index (χ4v) is 2.51. The fraction of sp³-hybridized carbons (Fsp3) is 0.200. The summed E-state index contributed by atoms with van der Waals surface area (Å²) in [6.45, 7) is 4.40. The quantitative estimate of drug-likeness (QED) is 0.777. The van der Waals surface area contributed by atoms with Crippen molar-refractivity contribution in [1.29, 1.82) is 0 Å². The van der Waals surface area contributed by atoms with Crippen molar-refractivity contribution in [2.75, 3.05) is 0 Å². The van der Waals surface area contributed by atoms with Crippen molar-refractivity contribution in [3.8, 4) is 11.5 Å². The molecule has 0 unspecified atom stereocenters. The van der Waals surface area contributed by atoms with Crippen LogP contribution in [0.3, 0.4) is 0 Å². The molecule has 0 saturated heterocycles. The third-order valence-corrected chi connectivity index (χ3v) is 3.98. The van der Waals surface area contributed by atoms with E-state index in [0.29, 0.717) is 23.9 Å². The largest absolute Gasteiger partial charge is 0.441 e. The predicted octanol–water partition coefficient (Wildman–Crippen LogP) is 3.82. The number of hydrogen-bond donors (Lipinski definition) is 1. The minimum absolute atomic E-state index is 0.0609. The van der Waals surface area contributed by atoms with E-state index in [9.17, 15) is 4.79 Å². The second-order valence-corrected chi connectivity index (χ2v) is 5.77. The van der Waals surface area contributed by atoms with Crippen LogP contribution in [0.15, 0.2) is 59.0 Å². The molecule has 2 aromatic carbocycles. The lowest BCUT2D eigenvalue weighted by atomic mass is 10.1. The Hall–Kier alpha value is -2.88. The normalized spacial score (nSPS) is 10.6. The van der Waals surface area contributed by atoms with Gasteiger partial charge in [-0.25, -0.2) is 4.98 Å². The van der Waals surface area contributed by atoms with Crippen molar-refractivity contribution in [2.45, 2.75) is 26.8 Å². The molecule has 0 aliphatic rings. The predicted molar refractivity (Wildman–Crippen MR) is 93.4 cm³/mol. The lowest BCUT2D eigenvalue weighted by Crippen LogP contribution is -2.25. The van der Waals surface area contributed by atoms with Crippen molar-refractivity contribution in [2.24, 2.45) is 0 Å². The van der Waals surface area contributed by atoms with Crippen LogP contribution in [0.2, 0.25) is 0 Å². The van der Waals surface area contributed by atoms with E-state index in [0.717, 1.165) is 11.1 Å². The maximum atomic E-state index is 12.2. The number of carbonyl (C=O) groups excluding carboxylic acids is 1. The van der Waals surface area contributed by atoms with Crippen molar-refractivity contribution >= 4 is 5.91 Å². The molecule has 122 valence electrons. The standard InChI is InChI=1S/C20H20N2O2/c1-14-8-6-7-11-17(14)13-21-19(23)12-18-15(2)24-20(22-18)16-9-4-3-5-10-16/h3-11H,12-13H2,1-2H3,(H,21,23). The van der Waals surface area contributed by atoms with E-state index in [1.807, 2.05) is 68.4 Å². The van der Waals surface area contributed by atoms with Gasteiger partial charge in [0, 0.05) is 12.1 Å². The van der Waals surface area contributed by atoms with Gasteiger partial charge in [0.15, 0.2) is 0 Å². The first-order valence-electron chi connectivity index (χ1n) is 7.96. The molecule has 0 bridgehead atoms. The number of aromatic nitrogens is 1. The van der Waals surface area contributed by atoms with Crippen LogP contribution in [0.4, 0.5) is 0 Å². The number of benzene rings is 2. The highest BCUT2D eigenvalue weighted by molar-refractivity contribution is 5.78. The molecule has 4 heteroatoms. The first kappa shape index (κ1) is 16.0. The zero-order chi connectivity index (χ0) is 16.9. The van der Waals surface area contributed by atoms with Gasteiger partial charge in [0.25, 0.3) is 0 Å². The Labute approximate surface area is 141 Å². The lowest BCUT2D eigenvalue weighted by molar-refractivity contribution is -0.120. The highest BCUT2D eigenvalue weighted by Gasteiger charge is 2.14. The zero-order valence-electron chi connectivity index (χ0n) is 13.9. The number of hydrogen-bond acceptors (Lipinski definition) is 3. The van der Waals surface area contributed by atoms with Crippen LogP contribution < -0.4 is 5.32 Å². The molecule has 24 heavy (non-hydrogen) atoms. The van der Waals surface area contributed by atoms with E-state index in [4.69, 9.17) is 4.42 Å². The molecule has 0 saturated carbocycles. The molecule has 0 spiro atoms. The number of aryl methyl sites for hydroxylation is 2. The molecule has 3 rings (SSSR count). The maximum Gasteiger partial charge on any atom is 0.226 e. The van der Waals surface area contributed by atoms with Gasteiger partial charge >= 0.3 is 0 Å². The second-order valence-electron chi connectivity index (χ2n) is 5.77. The van der Waals surface area contributed by atoms with Gasteiger partial charge in [-0.15, -0.1) is 0 Å². The third kappa shape index (κ3) is 3.71. The van der Waals surface area contributed by atoms with E-state index < -0.39 is 0 Å². The molecule has 0 aliphatic heterocycles. The van der Waals surface area contributed by atoms with Gasteiger partial charge in [-0.2, -0.15) is 0 Å². The van der Waals surface area contributed by atoms with Crippen LogP contribution in [0, 0.1) is 13.8 Å². The Bertz CT molecular complexity index is 838. The van der Waals surface area contributed by atoms with Gasteiger partial charge in [-0.1, -0.05) is 42.5 Å². The summed E-state index contributed by atoms with van der Waals surface area (Å²) in [4.78, 5) is 16.7. The van der Waals surface area contributed by atoms with Crippen LogP contribution >= 0.6 is 0 Å². The molecule has 0 atom stereocenters. The highest BCUT2D eigenvalue weighted by Crippen LogP contribution is 2.21. The average molecular weight is 320 g/mol. The fourth-order valence-electron chi connectivity index (χ4n) is 2.51. The van der Waals surface area contributed by atoms with Gasteiger partial charge in [-0.05, 0) is 37.1 Å². The Morgan fingerprint density at radius 3 is 2.50 bits per heavy atom. The van der Waals surface area contributed by atoms with E-state index >= 15 is 0 Å². The molecule has 1 amide bonds. The number of carbonyl (C=O) groups is 1. The van der Waals surface area contributed by atoms with Crippen molar-refractivity contribution < 1.29 is 9.21 Å². The van der Waals surface area contributed by atoms with Crippen molar-refractivity contribution in [3.63, 3.8) is 0 Å². The summed E-state index contributed by atoms with van der Waals surface area (Å²) in [7, 11) is 0. The summed E-state index contributed by atoms with van der Waals surface area (Å²) in [6.07, 6.45) is 0.216. The summed E-state index contributed by atoms with van der Waals surface area (Å²) in [5.41, 5.74) is 3.87. The van der Waals surface area contributed by atoms with Crippen LogP contribution in [-0.4, -0.2) is 10.9 Å². The minimum atomic E-state index is -0.0609. The van der Waals surface area contributed by atoms with Crippen LogP contribution in [0.5, 0.6) is 0 Å². The van der Waals surface area contributed by atoms with Crippen molar-refractivity contribution in [3.05, 3.63) is 77.2 Å². The Morgan fingerprint density at radius 2 is 1.75 bits per heavy atom. The zero-order valence-corrected chi connectivity index (χ0v) is 13.9. The first-order chi connectivity index (χ1) is 11.6. The van der Waals surface area contributed by atoms with Crippen molar-refractivity contribution in [1.82, 2.24) is 10.3 Å². The molecule has 1 heterocycles. The Morgan fingerprint density at radius 1 is 1.04 bits per heavy atom. The number of nitrogens with zero attached hydrogens (tertiary/aromatic N) is 1. The van der Waals surface area contributed by atoms with Crippen LogP contribution in [-0.2, 0) is 17.8 Å². The summed E-state index contributed by atoms with van der Waals surface area (Å²) >= 11 is 0. The number of oxazole rings is 1.